The first kappa shape index (κ1) is 17.8. The fourth-order valence-electron chi connectivity index (χ4n) is 1.81. The molecule has 120 valence electrons. The molecule has 3 atom stereocenters. The zero-order valence-electron chi connectivity index (χ0n) is 13.2. The van der Waals surface area contributed by atoms with Gasteiger partial charge < -0.3 is 15.4 Å². The summed E-state index contributed by atoms with van der Waals surface area (Å²) in [6, 6.07) is -1.29. The third-order valence-corrected chi connectivity index (χ3v) is 4.04. The lowest BCUT2D eigenvalue weighted by Gasteiger charge is -2.28. The number of rotatable bonds is 5. The lowest BCUT2D eigenvalue weighted by molar-refractivity contribution is -0.160. The molecule has 1 unspecified atom stereocenters. The smallest absolute Gasteiger partial charge is 0.329 e. The zero-order valence-corrected chi connectivity index (χ0v) is 14.0. The number of esters is 1. The van der Waals surface area contributed by atoms with E-state index >= 15 is 0 Å². The minimum Gasteiger partial charge on any atom is -0.458 e. The van der Waals surface area contributed by atoms with E-state index in [4.69, 9.17) is 4.74 Å². The molecule has 1 heterocycles. The second-order valence-corrected chi connectivity index (χ2v) is 7.19. The van der Waals surface area contributed by atoms with E-state index in [0.717, 1.165) is 18.2 Å². The van der Waals surface area contributed by atoms with Gasteiger partial charge in [-0.25, -0.2) is 4.79 Å². The normalized spacial score (nSPS) is 21.4. The number of carbonyl (C=O) groups excluding carboxylic acids is 3. The van der Waals surface area contributed by atoms with Crippen LogP contribution < -0.4 is 10.6 Å². The summed E-state index contributed by atoms with van der Waals surface area (Å²) in [6.07, 6.45) is 0.732. The second-order valence-electron chi connectivity index (χ2n) is 6.20. The van der Waals surface area contributed by atoms with Gasteiger partial charge in [0.15, 0.2) is 0 Å². The third-order valence-electron chi connectivity index (χ3n) is 3.16. The molecule has 1 aliphatic rings. The molecular formula is C14H24N2O4S. The van der Waals surface area contributed by atoms with E-state index in [1.807, 2.05) is 13.8 Å². The minimum absolute atomic E-state index is 0.0476. The van der Waals surface area contributed by atoms with Crippen LogP contribution in [0.15, 0.2) is 0 Å². The van der Waals surface area contributed by atoms with Gasteiger partial charge in [0.1, 0.15) is 17.7 Å². The number of amides is 2. The van der Waals surface area contributed by atoms with Gasteiger partial charge in [0.25, 0.3) is 5.24 Å². The van der Waals surface area contributed by atoms with Crippen molar-refractivity contribution in [3.8, 4) is 0 Å². The van der Waals surface area contributed by atoms with E-state index in [0.29, 0.717) is 5.75 Å². The summed E-state index contributed by atoms with van der Waals surface area (Å²) >= 11 is 1.07. The molecule has 1 fully saturated rings. The van der Waals surface area contributed by atoms with Gasteiger partial charge in [-0.3, -0.25) is 9.59 Å². The topological polar surface area (TPSA) is 84.5 Å². The van der Waals surface area contributed by atoms with Crippen molar-refractivity contribution in [2.75, 3.05) is 5.75 Å². The lowest BCUT2D eigenvalue weighted by Crippen LogP contribution is -2.53. The van der Waals surface area contributed by atoms with Crippen molar-refractivity contribution in [1.82, 2.24) is 10.6 Å². The Bertz CT molecular complexity index is 420. The van der Waals surface area contributed by atoms with E-state index in [-0.39, 0.29) is 17.1 Å². The Balaban J connectivity index is 2.72. The van der Waals surface area contributed by atoms with Crippen molar-refractivity contribution < 1.29 is 19.1 Å². The summed E-state index contributed by atoms with van der Waals surface area (Å²) in [5.74, 6) is -0.452. The van der Waals surface area contributed by atoms with Crippen LogP contribution in [0.25, 0.3) is 0 Å². The average Bonchev–Trinajstić information content (AvgIpc) is 2.79. The molecule has 2 N–H and O–H groups in total. The van der Waals surface area contributed by atoms with E-state index in [9.17, 15) is 14.4 Å². The quantitative estimate of drug-likeness (QED) is 0.754. The Kier molecular flexibility index (Phi) is 6.07. The summed E-state index contributed by atoms with van der Waals surface area (Å²) < 4.78 is 5.36. The second kappa shape index (κ2) is 7.15. The van der Waals surface area contributed by atoms with Gasteiger partial charge in [-0.15, -0.1) is 0 Å². The molecule has 0 aromatic rings. The van der Waals surface area contributed by atoms with Crippen molar-refractivity contribution in [3.05, 3.63) is 0 Å². The van der Waals surface area contributed by atoms with E-state index < -0.39 is 23.7 Å². The summed E-state index contributed by atoms with van der Waals surface area (Å²) in [5.41, 5.74) is -0.606. The molecular weight excluding hydrogens is 292 g/mol. The first-order valence-corrected chi connectivity index (χ1v) is 8.09. The monoisotopic (exact) mass is 316 g/mol. The fourth-order valence-corrected chi connectivity index (χ4v) is 2.59. The molecule has 0 bridgehead atoms. The molecule has 2 amide bonds. The van der Waals surface area contributed by atoms with Crippen LogP contribution in [0.2, 0.25) is 0 Å². The predicted molar refractivity (Wildman–Crippen MR) is 82.0 cm³/mol. The molecule has 0 spiro atoms. The van der Waals surface area contributed by atoms with Crippen LogP contribution in [0.3, 0.4) is 0 Å². The van der Waals surface area contributed by atoms with Crippen molar-refractivity contribution >= 4 is 28.9 Å². The van der Waals surface area contributed by atoms with Gasteiger partial charge >= 0.3 is 5.97 Å². The third kappa shape index (κ3) is 5.57. The number of nitrogens with one attached hydrogen (secondary N) is 2. The van der Waals surface area contributed by atoms with Gasteiger partial charge in [-0.05, 0) is 26.7 Å². The summed E-state index contributed by atoms with van der Waals surface area (Å²) in [7, 11) is 0. The van der Waals surface area contributed by atoms with Gasteiger partial charge in [0.05, 0.1) is 0 Å². The Morgan fingerprint density at radius 2 is 2.10 bits per heavy atom. The number of carbonyl (C=O) groups is 3. The van der Waals surface area contributed by atoms with Crippen molar-refractivity contribution in [1.29, 1.82) is 0 Å². The largest absolute Gasteiger partial charge is 0.458 e. The van der Waals surface area contributed by atoms with Crippen LogP contribution in [0.1, 0.15) is 41.0 Å². The average molecular weight is 316 g/mol. The molecule has 0 radical (unpaired) electrons. The molecule has 0 aromatic heterocycles. The summed E-state index contributed by atoms with van der Waals surface area (Å²) in [5, 5.41) is 5.06. The molecule has 21 heavy (non-hydrogen) atoms. The molecule has 1 rings (SSSR count). The highest BCUT2D eigenvalue weighted by Gasteiger charge is 2.34. The maximum atomic E-state index is 12.2. The van der Waals surface area contributed by atoms with Crippen molar-refractivity contribution in [3.63, 3.8) is 0 Å². The zero-order chi connectivity index (χ0) is 16.2. The van der Waals surface area contributed by atoms with Gasteiger partial charge in [0, 0.05) is 5.75 Å². The molecule has 1 aliphatic heterocycles. The van der Waals surface area contributed by atoms with E-state index in [2.05, 4.69) is 10.6 Å². The standard InChI is InChI=1S/C14H24N2O4S/c1-6-8(2)10(12(18)20-14(3,4)5)16-11(17)9-7-21-13(19)15-9/h8-10H,6-7H2,1-5H3,(H,15,19)(H,16,17)/t8-,9?,10-/m0/s1. The Morgan fingerprint density at radius 3 is 2.52 bits per heavy atom. The first-order chi connectivity index (χ1) is 9.64. The number of hydrogen-bond donors (Lipinski definition) is 2. The van der Waals surface area contributed by atoms with Crippen molar-refractivity contribution in [2.24, 2.45) is 5.92 Å². The fraction of sp³-hybridized carbons (Fsp3) is 0.786. The molecule has 0 saturated carbocycles. The van der Waals surface area contributed by atoms with Crippen LogP contribution in [0.5, 0.6) is 0 Å². The number of hydrogen-bond acceptors (Lipinski definition) is 5. The SMILES string of the molecule is CC[C@H](C)[C@H](NC(=O)C1CSC(=O)N1)C(=O)OC(C)(C)C. The van der Waals surface area contributed by atoms with Crippen LogP contribution >= 0.6 is 11.8 Å². The lowest BCUT2D eigenvalue weighted by atomic mass is 9.98. The number of thioether (sulfide) groups is 1. The number of ether oxygens (including phenoxy) is 1. The Morgan fingerprint density at radius 1 is 1.48 bits per heavy atom. The summed E-state index contributed by atoms with van der Waals surface area (Å²) in [4.78, 5) is 35.5. The van der Waals surface area contributed by atoms with Gasteiger partial charge in [-0.2, -0.15) is 0 Å². The van der Waals surface area contributed by atoms with E-state index in [1.165, 1.54) is 0 Å². The van der Waals surface area contributed by atoms with Crippen molar-refractivity contribution in [2.45, 2.75) is 58.7 Å². The Labute approximate surface area is 129 Å². The van der Waals surface area contributed by atoms with Crippen LogP contribution in [0.4, 0.5) is 4.79 Å². The maximum Gasteiger partial charge on any atom is 0.329 e. The van der Waals surface area contributed by atoms with Gasteiger partial charge in [0.2, 0.25) is 5.91 Å². The first-order valence-electron chi connectivity index (χ1n) is 7.10. The minimum atomic E-state index is -0.704. The molecule has 6 nitrogen and oxygen atoms in total. The van der Waals surface area contributed by atoms with Gasteiger partial charge in [-0.1, -0.05) is 32.0 Å². The van der Waals surface area contributed by atoms with Crippen LogP contribution in [-0.4, -0.2) is 40.6 Å². The predicted octanol–water partition coefficient (Wildman–Crippen LogP) is 1.68. The highest BCUT2D eigenvalue weighted by atomic mass is 32.2. The molecule has 7 heteroatoms. The van der Waals surface area contributed by atoms with Crippen LogP contribution in [0, 0.1) is 5.92 Å². The Hall–Kier alpha value is -1.24. The molecule has 1 saturated heterocycles. The highest BCUT2D eigenvalue weighted by molar-refractivity contribution is 8.14. The van der Waals surface area contributed by atoms with Crippen LogP contribution in [-0.2, 0) is 14.3 Å². The molecule has 0 aromatic carbocycles. The highest BCUT2D eigenvalue weighted by Crippen LogP contribution is 2.17. The summed E-state index contributed by atoms with van der Waals surface area (Å²) in [6.45, 7) is 9.19. The van der Waals surface area contributed by atoms with E-state index in [1.54, 1.807) is 20.8 Å². The molecule has 0 aliphatic carbocycles. The maximum absolute atomic E-state index is 12.2.